The molecule has 0 unspecified atom stereocenters. The van der Waals surface area contributed by atoms with E-state index in [4.69, 9.17) is 10.5 Å². The van der Waals surface area contributed by atoms with Crippen LogP contribution < -0.4 is 5.73 Å². The number of hydrogen-bond acceptors (Lipinski definition) is 4. The summed E-state index contributed by atoms with van der Waals surface area (Å²) in [6.45, 7) is 7.93. The van der Waals surface area contributed by atoms with E-state index in [1.54, 1.807) is 26.0 Å². The molecule has 5 nitrogen and oxygen atoms in total. The van der Waals surface area contributed by atoms with Crippen LogP contribution in [0.2, 0.25) is 0 Å². The fourth-order valence-electron chi connectivity index (χ4n) is 1.93. The van der Waals surface area contributed by atoms with Crippen molar-refractivity contribution in [1.29, 1.82) is 0 Å². The van der Waals surface area contributed by atoms with Crippen LogP contribution in [0.15, 0.2) is 29.7 Å². The van der Waals surface area contributed by atoms with E-state index in [1.165, 1.54) is 11.4 Å². The maximum atomic E-state index is 12.8. The van der Waals surface area contributed by atoms with Gasteiger partial charge in [-0.2, -0.15) is 4.31 Å². The molecule has 0 saturated heterocycles. The van der Waals surface area contributed by atoms with Gasteiger partial charge in [-0.15, -0.1) is 6.58 Å². The van der Waals surface area contributed by atoms with Crippen molar-refractivity contribution in [3.63, 3.8) is 0 Å². The molecule has 0 aromatic heterocycles. The molecule has 0 aliphatic rings. The maximum Gasteiger partial charge on any atom is 0.245 e. The quantitative estimate of drug-likeness (QED) is 0.614. The Bertz CT molecular complexity index is 582. The number of benzene rings is 1. The van der Waals surface area contributed by atoms with Crippen LogP contribution in [0, 0.1) is 13.8 Å². The van der Waals surface area contributed by atoms with Crippen LogP contribution in [-0.2, 0) is 14.8 Å². The predicted molar refractivity (Wildman–Crippen MR) is 81.2 cm³/mol. The number of ether oxygens (including phenoxy) is 1. The molecule has 0 saturated carbocycles. The van der Waals surface area contributed by atoms with Crippen molar-refractivity contribution >= 4 is 15.7 Å². The van der Waals surface area contributed by atoms with Gasteiger partial charge in [-0.3, -0.25) is 0 Å². The van der Waals surface area contributed by atoms with Crippen molar-refractivity contribution in [2.75, 3.05) is 32.5 Å². The summed E-state index contributed by atoms with van der Waals surface area (Å²) in [6.07, 6.45) is 1.55. The van der Waals surface area contributed by atoms with Gasteiger partial charge in [0.25, 0.3) is 0 Å². The van der Waals surface area contributed by atoms with Crippen LogP contribution in [0.25, 0.3) is 0 Å². The molecule has 0 radical (unpaired) electrons. The largest absolute Gasteiger partial charge is 0.397 e. The van der Waals surface area contributed by atoms with E-state index in [0.29, 0.717) is 17.9 Å². The van der Waals surface area contributed by atoms with Crippen LogP contribution in [0.4, 0.5) is 5.69 Å². The second kappa shape index (κ2) is 6.88. The zero-order chi connectivity index (χ0) is 15.3. The number of hydrogen-bond donors (Lipinski definition) is 1. The molecule has 0 amide bonds. The summed E-state index contributed by atoms with van der Waals surface area (Å²) < 4.78 is 31.8. The third-order valence-electron chi connectivity index (χ3n) is 3.09. The van der Waals surface area contributed by atoms with Crippen LogP contribution in [-0.4, -0.2) is 39.5 Å². The SMILES string of the molecule is C=CCN(CCOC)S(=O)(=O)c1c(C)ccc(C)c1N. The van der Waals surface area contributed by atoms with Gasteiger partial charge >= 0.3 is 0 Å². The summed E-state index contributed by atoms with van der Waals surface area (Å²) in [5.74, 6) is 0. The Kier molecular flexibility index (Phi) is 5.74. The van der Waals surface area contributed by atoms with Crippen molar-refractivity contribution in [3.05, 3.63) is 35.9 Å². The smallest absolute Gasteiger partial charge is 0.245 e. The Hall–Kier alpha value is -1.37. The number of nitrogen functional groups attached to an aromatic ring is 1. The van der Waals surface area contributed by atoms with Crippen molar-refractivity contribution in [1.82, 2.24) is 4.31 Å². The van der Waals surface area contributed by atoms with Gasteiger partial charge in [-0.1, -0.05) is 18.2 Å². The number of sulfonamides is 1. The van der Waals surface area contributed by atoms with Gasteiger partial charge in [0.15, 0.2) is 0 Å². The Labute approximate surface area is 121 Å². The second-order valence-electron chi connectivity index (χ2n) is 4.59. The minimum absolute atomic E-state index is 0.176. The molecule has 0 bridgehead atoms. The molecule has 20 heavy (non-hydrogen) atoms. The summed E-state index contributed by atoms with van der Waals surface area (Å²) >= 11 is 0. The van der Waals surface area contributed by atoms with Gasteiger partial charge < -0.3 is 10.5 Å². The third kappa shape index (κ3) is 3.39. The molecule has 1 aromatic carbocycles. The van der Waals surface area contributed by atoms with E-state index < -0.39 is 10.0 Å². The molecule has 1 aromatic rings. The number of anilines is 1. The Morgan fingerprint density at radius 1 is 1.35 bits per heavy atom. The van der Waals surface area contributed by atoms with Crippen LogP contribution in [0.5, 0.6) is 0 Å². The molecule has 1 rings (SSSR count). The second-order valence-corrected chi connectivity index (χ2v) is 6.46. The lowest BCUT2D eigenvalue weighted by Crippen LogP contribution is -2.35. The normalized spacial score (nSPS) is 11.8. The summed E-state index contributed by atoms with van der Waals surface area (Å²) in [6, 6.07) is 3.58. The first-order chi connectivity index (χ1) is 9.36. The lowest BCUT2D eigenvalue weighted by Gasteiger charge is -2.23. The van der Waals surface area contributed by atoms with E-state index in [0.717, 1.165) is 5.56 Å². The molecular formula is C14H22N2O3S. The molecule has 0 aliphatic heterocycles. The van der Waals surface area contributed by atoms with Crippen molar-refractivity contribution in [2.45, 2.75) is 18.7 Å². The van der Waals surface area contributed by atoms with Crippen molar-refractivity contribution in [3.8, 4) is 0 Å². The number of rotatable bonds is 7. The monoisotopic (exact) mass is 298 g/mol. The van der Waals surface area contributed by atoms with E-state index in [1.807, 2.05) is 6.07 Å². The summed E-state index contributed by atoms with van der Waals surface area (Å²) in [4.78, 5) is 0.176. The number of nitrogens with zero attached hydrogens (tertiary/aromatic N) is 1. The molecular weight excluding hydrogens is 276 g/mol. The van der Waals surface area contributed by atoms with Gasteiger partial charge in [0.2, 0.25) is 10.0 Å². The molecule has 0 heterocycles. The standard InChI is InChI=1S/C14H22N2O3S/c1-5-8-16(9-10-19-4)20(17,18)14-12(3)7-6-11(2)13(14)15/h5-7H,1,8-10,15H2,2-4H3. The highest BCUT2D eigenvalue weighted by molar-refractivity contribution is 7.89. The molecule has 112 valence electrons. The minimum atomic E-state index is -3.66. The first kappa shape index (κ1) is 16.7. The highest BCUT2D eigenvalue weighted by Crippen LogP contribution is 2.28. The maximum absolute atomic E-state index is 12.8. The highest BCUT2D eigenvalue weighted by Gasteiger charge is 2.27. The van der Waals surface area contributed by atoms with Crippen LogP contribution >= 0.6 is 0 Å². The average molecular weight is 298 g/mol. The van der Waals surface area contributed by atoms with Crippen molar-refractivity contribution in [2.24, 2.45) is 0 Å². The molecule has 0 aliphatic carbocycles. The Morgan fingerprint density at radius 2 is 1.95 bits per heavy atom. The first-order valence-electron chi connectivity index (χ1n) is 6.32. The van der Waals surface area contributed by atoms with E-state index in [9.17, 15) is 8.42 Å². The number of aryl methyl sites for hydroxylation is 2. The number of nitrogens with two attached hydrogens (primary N) is 1. The molecule has 6 heteroatoms. The molecule has 0 atom stereocenters. The van der Waals surface area contributed by atoms with E-state index >= 15 is 0 Å². The molecule has 0 spiro atoms. The van der Waals surface area contributed by atoms with Gasteiger partial charge in [-0.05, 0) is 25.0 Å². The third-order valence-corrected chi connectivity index (χ3v) is 5.16. The summed E-state index contributed by atoms with van der Waals surface area (Å²) in [5, 5.41) is 0. The van der Waals surface area contributed by atoms with Crippen LogP contribution in [0.3, 0.4) is 0 Å². The van der Waals surface area contributed by atoms with E-state index in [-0.39, 0.29) is 18.0 Å². The van der Waals surface area contributed by atoms with Gasteiger partial charge in [0, 0.05) is 20.2 Å². The zero-order valence-corrected chi connectivity index (χ0v) is 13.0. The van der Waals surface area contributed by atoms with Gasteiger partial charge in [0.05, 0.1) is 12.3 Å². The van der Waals surface area contributed by atoms with Gasteiger partial charge in [-0.25, -0.2) is 8.42 Å². The predicted octanol–water partition coefficient (Wildman–Crippen LogP) is 1.71. The lowest BCUT2D eigenvalue weighted by molar-refractivity contribution is 0.182. The Morgan fingerprint density at radius 3 is 2.50 bits per heavy atom. The first-order valence-corrected chi connectivity index (χ1v) is 7.76. The highest BCUT2D eigenvalue weighted by atomic mass is 32.2. The van der Waals surface area contributed by atoms with Crippen molar-refractivity contribution < 1.29 is 13.2 Å². The van der Waals surface area contributed by atoms with E-state index in [2.05, 4.69) is 6.58 Å². The van der Waals surface area contributed by atoms with Crippen LogP contribution in [0.1, 0.15) is 11.1 Å². The molecule has 2 N–H and O–H groups in total. The fourth-order valence-corrected chi connectivity index (χ4v) is 3.71. The average Bonchev–Trinajstić information content (AvgIpc) is 2.39. The summed E-state index contributed by atoms with van der Waals surface area (Å²) in [7, 11) is -2.13. The minimum Gasteiger partial charge on any atom is -0.397 e. The molecule has 0 fully saturated rings. The van der Waals surface area contributed by atoms with Gasteiger partial charge in [0.1, 0.15) is 4.90 Å². The zero-order valence-electron chi connectivity index (χ0n) is 12.2. The topological polar surface area (TPSA) is 72.6 Å². The lowest BCUT2D eigenvalue weighted by atomic mass is 10.1. The Balaban J connectivity index is 3.33. The summed E-state index contributed by atoms with van der Waals surface area (Å²) in [5.41, 5.74) is 7.66. The fraction of sp³-hybridized carbons (Fsp3) is 0.429. The number of methoxy groups -OCH3 is 1.